The van der Waals surface area contributed by atoms with Gasteiger partial charge in [-0.2, -0.15) is 0 Å². The third kappa shape index (κ3) is 30.1. The van der Waals surface area contributed by atoms with Crippen LogP contribution in [0.3, 0.4) is 0 Å². The van der Waals surface area contributed by atoms with Crippen molar-refractivity contribution >= 4 is 189 Å². The number of ether oxygens (including phenoxy) is 6. The number of fused-ring (bicyclic) bond motifs is 4. The van der Waals surface area contributed by atoms with Crippen LogP contribution in [0.5, 0.6) is 17.2 Å². The van der Waals surface area contributed by atoms with Crippen molar-refractivity contribution in [1.29, 1.82) is 0 Å². The van der Waals surface area contributed by atoms with Gasteiger partial charge in [-0.25, -0.2) is 34.3 Å². The van der Waals surface area contributed by atoms with E-state index >= 15 is 0 Å². The minimum absolute atomic E-state index is 0. The van der Waals surface area contributed by atoms with E-state index in [4.69, 9.17) is 133 Å². The molecule has 149 heavy (non-hydrogen) atoms. The number of anilines is 5. The van der Waals surface area contributed by atoms with Crippen LogP contribution in [-0.2, 0) is 59.1 Å². The van der Waals surface area contributed by atoms with E-state index in [2.05, 4.69) is 53.2 Å². The van der Waals surface area contributed by atoms with Gasteiger partial charge in [0, 0.05) is 76.2 Å². The average Bonchev–Trinajstić information content (AvgIpc) is 0.761. The molecule has 16 aromatic rings. The van der Waals surface area contributed by atoms with Gasteiger partial charge in [0.1, 0.15) is 52.6 Å². The second kappa shape index (κ2) is 55.6. The van der Waals surface area contributed by atoms with Crippen LogP contribution in [0.15, 0.2) is 232 Å². The fourth-order valence-electron chi connectivity index (χ4n) is 15.1. The van der Waals surface area contributed by atoms with Gasteiger partial charge in [0.05, 0.1) is 125 Å². The molecule has 31 nitrogen and oxygen atoms in total. The number of rotatable bonds is 35. The van der Waals surface area contributed by atoms with Crippen LogP contribution in [0, 0.1) is 0 Å². The number of carbonyl (C=O) groups excluding carboxylic acids is 3. The third-order valence-corrected chi connectivity index (χ3v) is 24.9. The Labute approximate surface area is 918 Å². The number of hydrogen-bond donors (Lipinski definition) is 8. The number of methoxy groups -OCH3 is 3. The Morgan fingerprint density at radius 1 is 0.336 bits per heavy atom. The van der Waals surface area contributed by atoms with Gasteiger partial charge in [-0.3, -0.25) is 43.2 Å². The second-order valence-electron chi connectivity index (χ2n) is 34.3. The molecule has 11 N–H and O–H groups in total. The molecule has 0 radical (unpaired) electrons. The van der Waals surface area contributed by atoms with E-state index in [1.165, 1.54) is 21.3 Å². The normalized spacial score (nSPS) is 11.7. The first-order chi connectivity index (χ1) is 70.2. The number of aliphatic carboxylic acids is 1. The number of nitrogens with zero attached hydrogens (tertiary/aromatic N) is 4. The van der Waals surface area contributed by atoms with E-state index in [-0.39, 0.29) is 118 Å². The molecule has 4 aromatic heterocycles. The molecule has 0 amide bonds. The van der Waals surface area contributed by atoms with Crippen molar-refractivity contribution in [2.24, 2.45) is 11.5 Å². The molecule has 0 spiro atoms. The van der Waals surface area contributed by atoms with E-state index < -0.39 is 91.5 Å². The van der Waals surface area contributed by atoms with Crippen LogP contribution in [0.2, 0.25) is 40.2 Å². The zero-order valence-corrected chi connectivity index (χ0v) is 91.3. The Hall–Kier alpha value is -12.8. The first-order valence-corrected chi connectivity index (χ1v) is 49.6. The molecular formula is C109H106Cl8N11NaO20. The first-order valence-electron chi connectivity index (χ1n) is 46.6. The molecule has 16 rings (SSSR count). The van der Waals surface area contributed by atoms with Gasteiger partial charge >= 0.3 is 53.4 Å². The Kier molecular flexibility index (Phi) is 44.7. The Morgan fingerprint density at radius 2 is 0.584 bits per heavy atom. The minimum atomic E-state index is -1.13. The largest absolute Gasteiger partial charge is 1.00 e. The fraction of sp³-hybridized carbons (Fsp3) is 0.266. The summed E-state index contributed by atoms with van der Waals surface area (Å²) < 4.78 is 30.3. The molecule has 0 saturated carbocycles. The molecule has 0 fully saturated rings. The maximum Gasteiger partial charge on any atom is 1.00 e. The van der Waals surface area contributed by atoms with Crippen molar-refractivity contribution in [2.75, 3.05) is 67.5 Å². The summed E-state index contributed by atoms with van der Waals surface area (Å²) in [4.78, 5) is 161. The van der Waals surface area contributed by atoms with Crippen molar-refractivity contribution in [3.63, 3.8) is 0 Å². The molecule has 40 heteroatoms. The number of benzene rings is 8. The maximum absolute atomic E-state index is 12.5. The molecule has 4 atom stereocenters. The summed E-state index contributed by atoms with van der Waals surface area (Å²) in [7, 11) is 3.87. The summed E-state index contributed by atoms with van der Waals surface area (Å²) >= 11 is 50.4. The minimum Gasteiger partial charge on any atom is -0.870 e. The number of carbonyl (C=O) groups is 4. The molecule has 0 aliphatic carbocycles. The average molecular weight is 2200 g/mol. The number of nitrogens with two attached hydrogens (primary N) is 2. The first kappa shape index (κ1) is 120. The molecule has 12 aromatic carbocycles. The number of carboxylic acids is 1. The van der Waals surface area contributed by atoms with Crippen LogP contribution >= 0.6 is 92.8 Å². The van der Waals surface area contributed by atoms with Gasteiger partial charge in [0.25, 0.3) is 43.4 Å². The van der Waals surface area contributed by atoms with E-state index in [1.54, 1.807) is 133 Å². The van der Waals surface area contributed by atoms with Crippen LogP contribution in [0.1, 0.15) is 104 Å². The number of halogens is 8. The standard InChI is InChI=1S/C26H23Cl2N3O4.C26H22Cl2N2O5.C25H21Cl2N3O4.C19H16Cl2N2O2.C10H14O4.C3H9N.Na.H2O/c1-3-11-29-22-23(25(33)24(22)32)31-20(26(34)35-2)13-14-7-9-18-15(12-14)8-10-19(30-18)21-16(27)5-4-6-17(21)28;1-13(2)35-25-22(23(31)24(25)32)30-20(26(33)34-3)12-14-7-9-18-15(11-14)8-10-19(29-18)21-16(27)5-4-6-17(21)28;1-2-10-28-21-22(24(32)23(21)31)30-19(25(33)34)12-13-6-8-17-14(11-13)7-9-18(29-17)20-15(26)4-3-5-16(20)27;1-25-19(24)15(22)10-11-5-7-16-12(9-11)6-8-17(23-16)18-13(20)3-2-4-14(18)21;1-5(2)13-9-7(11)8(12)10(9)14-6(3)4;1-2-3-4;;/h4-10,12,20,29,31H,3,11,13H2,1-2H3;4-11,13,20,30H,12H2,1-3H3;3-9,11,19,28,30H,2,10,12H2,1H3,(H,33,34);2-9,15H,10,22H2,1H3;5-6H,1-4H3;2-4H2,1H3;;1H2/q;;;;;;+1;/p-1. The number of esters is 3. The quantitative estimate of drug-likeness (QED) is 0.00791. The second-order valence-corrected chi connectivity index (χ2v) is 37.6. The summed E-state index contributed by atoms with van der Waals surface area (Å²) in [6, 6.07) is 55.0. The summed E-state index contributed by atoms with van der Waals surface area (Å²) in [6.07, 6.45) is 3.04. The zero-order valence-electron chi connectivity index (χ0n) is 83.3. The van der Waals surface area contributed by atoms with Crippen LogP contribution in [-0.4, -0.2) is 138 Å². The number of aromatic nitrogens is 4. The monoisotopic (exact) mass is 2190 g/mol. The van der Waals surface area contributed by atoms with Crippen molar-refractivity contribution in [3.05, 3.63) is 338 Å². The van der Waals surface area contributed by atoms with E-state index in [9.17, 15) is 62.6 Å². The molecule has 0 aliphatic rings. The Bertz CT molecular complexity index is 7720. The number of carboxylic acid groups (broad SMARTS) is 1. The topological polar surface area (TPSA) is 474 Å². The molecule has 4 unspecified atom stereocenters. The van der Waals surface area contributed by atoms with E-state index in [0.717, 1.165) is 86.2 Å². The van der Waals surface area contributed by atoms with Gasteiger partial charge in [-0.05, 0) is 217 Å². The Morgan fingerprint density at radius 3 is 0.852 bits per heavy atom. The van der Waals surface area contributed by atoms with Crippen LogP contribution in [0.4, 0.5) is 28.4 Å². The smallest absolute Gasteiger partial charge is 0.870 e. The third-order valence-electron chi connectivity index (χ3n) is 22.4. The van der Waals surface area contributed by atoms with Gasteiger partial charge < -0.3 is 77.1 Å². The van der Waals surface area contributed by atoms with Gasteiger partial charge in [0.2, 0.25) is 11.5 Å². The number of pyridine rings is 4. The van der Waals surface area contributed by atoms with E-state index in [0.29, 0.717) is 110 Å². The summed E-state index contributed by atoms with van der Waals surface area (Å²) in [5.41, 5.74) is 17.7. The van der Waals surface area contributed by atoms with Crippen molar-refractivity contribution in [3.8, 4) is 62.3 Å². The van der Waals surface area contributed by atoms with Crippen molar-refractivity contribution in [1.82, 2.24) is 19.9 Å². The van der Waals surface area contributed by atoms with Crippen molar-refractivity contribution < 1.29 is 87.7 Å². The number of nitrogens with one attached hydrogen (secondary N) is 5. The predicted molar refractivity (Wildman–Crippen MR) is 589 cm³/mol. The maximum atomic E-state index is 12.5. The van der Waals surface area contributed by atoms with E-state index in [1.807, 2.05) is 117 Å². The molecular weight excluding hydrogens is 2090 g/mol. The summed E-state index contributed by atoms with van der Waals surface area (Å²) in [5, 5.41) is 31.6. The van der Waals surface area contributed by atoms with Crippen LogP contribution < -0.4 is 125 Å². The molecule has 774 valence electrons. The molecule has 0 aliphatic heterocycles. The number of hydrogen-bond acceptors (Lipinski definition) is 30. The van der Waals surface area contributed by atoms with Gasteiger partial charge in [-0.15, -0.1) is 0 Å². The fourth-order valence-corrected chi connectivity index (χ4v) is 17.5. The molecule has 0 saturated heterocycles. The van der Waals surface area contributed by atoms with Gasteiger partial charge in [-0.1, -0.05) is 186 Å². The summed E-state index contributed by atoms with van der Waals surface area (Å²) in [5.74, 6) is -2.60. The predicted octanol–water partition coefficient (Wildman–Crippen LogP) is 16.6. The van der Waals surface area contributed by atoms with Crippen molar-refractivity contribution in [2.45, 2.75) is 150 Å². The Balaban J connectivity index is 0.000000209. The SMILES string of the molecule is CC(C)Oc1c(OC(C)C)c(=O)c1=O.CCCN.CCCNc1c(NC(Cc2ccc3nc(-c4c(Cl)cccc4Cl)ccc3c2)C(=O)O)c(=O)c1=O.CCCNc1c(NC(Cc2ccc3nc(-c4c(Cl)cccc4Cl)ccc3c2)C(=O)OC)c(=O)c1=O.COC(=O)C(Cc1ccc2nc(-c3c(Cl)cccc3Cl)ccc2c1)Nc1c(OC(C)C)c(=O)c1=O.COC(=O)C(N)Cc1ccc2nc(-c3c(Cl)cccc3Cl)ccc2c1.[Na+].[OH-]. The molecule has 0 bridgehead atoms. The van der Waals surface area contributed by atoms with Gasteiger partial charge in [0.15, 0.2) is 5.75 Å². The molecule has 4 heterocycles. The summed E-state index contributed by atoms with van der Waals surface area (Å²) in [6.45, 7) is 18.4. The zero-order chi connectivity index (χ0) is 107. The van der Waals surface area contributed by atoms with Crippen LogP contribution in [0.25, 0.3) is 88.6 Å².